The molecule has 0 saturated heterocycles. The van der Waals surface area contributed by atoms with Crippen LogP contribution in [0.5, 0.6) is 0 Å². The van der Waals surface area contributed by atoms with E-state index in [1.165, 1.54) is 10.7 Å². The van der Waals surface area contributed by atoms with Gasteiger partial charge in [0, 0.05) is 19.0 Å². The van der Waals surface area contributed by atoms with Gasteiger partial charge in [0.05, 0.1) is 5.69 Å². The fraction of sp³-hybridized carbons (Fsp3) is 0.444. The monoisotopic (exact) mass is 214 g/mol. The molecule has 0 spiro atoms. The van der Waals surface area contributed by atoms with E-state index in [1.807, 2.05) is 6.92 Å². The second kappa shape index (κ2) is 4.91. The Bertz CT molecular complexity index is 387. The van der Waals surface area contributed by atoms with Crippen LogP contribution in [0.4, 0.5) is 0 Å². The zero-order valence-corrected chi connectivity index (χ0v) is 8.62. The number of halogens is 1. The van der Waals surface area contributed by atoms with Gasteiger partial charge in [-0.2, -0.15) is 5.10 Å². The maximum atomic E-state index is 11.1. The van der Waals surface area contributed by atoms with Crippen LogP contribution in [-0.2, 0) is 17.8 Å². The quantitative estimate of drug-likeness (QED) is 0.702. The van der Waals surface area contributed by atoms with Gasteiger partial charge in [0.1, 0.15) is 0 Å². The molecule has 0 radical (unpaired) electrons. The molecular formula is C9H11ClN2O2. The van der Waals surface area contributed by atoms with Crippen molar-refractivity contribution in [2.75, 3.05) is 0 Å². The van der Waals surface area contributed by atoms with E-state index >= 15 is 0 Å². The van der Waals surface area contributed by atoms with Gasteiger partial charge in [-0.3, -0.25) is 9.59 Å². The second-order valence-electron chi connectivity index (χ2n) is 2.83. The van der Waals surface area contributed by atoms with E-state index < -0.39 is 0 Å². The average Bonchev–Trinajstić information content (AvgIpc) is 2.16. The minimum Gasteiger partial charge on any atom is -0.281 e. The maximum Gasteiger partial charge on any atom is 0.266 e. The van der Waals surface area contributed by atoms with Crippen LogP contribution >= 0.6 is 11.6 Å². The first-order valence-corrected chi connectivity index (χ1v) is 4.76. The third kappa shape index (κ3) is 2.96. The number of hydrogen-bond acceptors (Lipinski definition) is 3. The first-order chi connectivity index (χ1) is 6.63. The molecule has 0 aromatic carbocycles. The fourth-order valence-corrected chi connectivity index (χ4v) is 1.17. The molecule has 14 heavy (non-hydrogen) atoms. The first kappa shape index (κ1) is 10.9. The molecule has 1 rings (SSSR count). The molecule has 0 atom stereocenters. The fourth-order valence-electron chi connectivity index (χ4n) is 1.08. The lowest BCUT2D eigenvalue weighted by molar-refractivity contribution is -0.111. The molecule has 0 N–H and O–H groups in total. The summed E-state index contributed by atoms with van der Waals surface area (Å²) in [5, 5.41) is 3.67. The summed E-state index contributed by atoms with van der Waals surface area (Å²) in [6.07, 6.45) is 0.721. The molecule has 0 aliphatic heterocycles. The number of rotatable bonds is 4. The summed E-state index contributed by atoms with van der Waals surface area (Å²) in [6, 6.07) is 3.07. The number of carbonyl (C=O) groups is 1. The van der Waals surface area contributed by atoms with Crippen molar-refractivity contribution >= 4 is 16.8 Å². The molecule has 1 heterocycles. The molecule has 1 aromatic rings. The molecule has 0 amide bonds. The van der Waals surface area contributed by atoms with Crippen molar-refractivity contribution in [1.82, 2.24) is 9.78 Å². The van der Waals surface area contributed by atoms with E-state index in [9.17, 15) is 9.59 Å². The Morgan fingerprint density at radius 1 is 1.57 bits per heavy atom. The largest absolute Gasteiger partial charge is 0.281 e. The van der Waals surface area contributed by atoms with Gasteiger partial charge in [0.25, 0.3) is 5.56 Å². The van der Waals surface area contributed by atoms with Crippen LogP contribution in [0.15, 0.2) is 16.9 Å². The molecule has 1 aromatic heterocycles. The summed E-state index contributed by atoms with van der Waals surface area (Å²) in [6.45, 7) is 2.37. The van der Waals surface area contributed by atoms with E-state index in [4.69, 9.17) is 11.6 Å². The van der Waals surface area contributed by atoms with Gasteiger partial charge < -0.3 is 0 Å². The molecular weight excluding hydrogens is 204 g/mol. The Labute approximate surface area is 86.5 Å². The first-order valence-electron chi connectivity index (χ1n) is 4.39. The topological polar surface area (TPSA) is 52.0 Å². The summed E-state index contributed by atoms with van der Waals surface area (Å²) >= 11 is 5.20. The lowest BCUT2D eigenvalue weighted by atomic mass is 10.2. The van der Waals surface area contributed by atoms with Crippen molar-refractivity contribution in [2.45, 2.75) is 26.3 Å². The van der Waals surface area contributed by atoms with E-state index in [0.717, 1.165) is 0 Å². The Kier molecular flexibility index (Phi) is 3.83. The van der Waals surface area contributed by atoms with Gasteiger partial charge in [0.2, 0.25) is 5.24 Å². The molecule has 0 saturated carbocycles. The molecule has 4 nitrogen and oxygen atoms in total. The maximum absolute atomic E-state index is 11.1. The smallest absolute Gasteiger partial charge is 0.266 e. The van der Waals surface area contributed by atoms with Gasteiger partial charge in [-0.05, 0) is 31.0 Å². The van der Waals surface area contributed by atoms with Crippen LogP contribution in [0.3, 0.4) is 0 Å². The molecule has 0 bridgehead atoms. The van der Waals surface area contributed by atoms with Crippen molar-refractivity contribution < 1.29 is 4.79 Å². The standard InChI is InChI=1S/C9H11ClN2O2/c1-2-12-9(14)6-4-7(11-12)3-5-8(10)13/h4,6H,2-3,5H2,1H3. The highest BCUT2D eigenvalue weighted by Gasteiger charge is 2.01. The average molecular weight is 215 g/mol. The zero-order valence-electron chi connectivity index (χ0n) is 7.86. The molecule has 5 heteroatoms. The summed E-state index contributed by atoms with van der Waals surface area (Å²) in [7, 11) is 0. The Balaban J connectivity index is 2.79. The number of carbonyl (C=O) groups excluding carboxylic acids is 1. The van der Waals surface area contributed by atoms with Crippen molar-refractivity contribution in [3.05, 3.63) is 28.2 Å². The number of nitrogens with zero attached hydrogens (tertiary/aromatic N) is 2. The van der Waals surface area contributed by atoms with Crippen molar-refractivity contribution in [1.29, 1.82) is 0 Å². The van der Waals surface area contributed by atoms with Gasteiger partial charge >= 0.3 is 0 Å². The van der Waals surface area contributed by atoms with Crippen LogP contribution in [0.25, 0.3) is 0 Å². The zero-order chi connectivity index (χ0) is 10.6. The Morgan fingerprint density at radius 2 is 2.29 bits per heavy atom. The van der Waals surface area contributed by atoms with Gasteiger partial charge in [-0.1, -0.05) is 0 Å². The Morgan fingerprint density at radius 3 is 2.86 bits per heavy atom. The minimum absolute atomic E-state index is 0.131. The molecule has 76 valence electrons. The van der Waals surface area contributed by atoms with Gasteiger partial charge in [-0.15, -0.1) is 0 Å². The van der Waals surface area contributed by atoms with Crippen LogP contribution < -0.4 is 5.56 Å². The van der Waals surface area contributed by atoms with Gasteiger partial charge in [0.15, 0.2) is 0 Å². The summed E-state index contributed by atoms with van der Waals surface area (Å²) in [5.41, 5.74) is 0.578. The molecule has 0 fully saturated rings. The lowest BCUT2D eigenvalue weighted by Gasteiger charge is -2.02. The summed E-state index contributed by atoms with van der Waals surface area (Å²) in [4.78, 5) is 21.7. The number of hydrogen-bond donors (Lipinski definition) is 0. The van der Waals surface area contributed by atoms with E-state index in [2.05, 4.69) is 5.10 Å². The molecule has 0 aliphatic rings. The number of aromatic nitrogens is 2. The normalized spacial score (nSPS) is 10.1. The van der Waals surface area contributed by atoms with Crippen molar-refractivity contribution in [3.63, 3.8) is 0 Å². The molecule has 0 unspecified atom stereocenters. The van der Waals surface area contributed by atoms with Crippen LogP contribution in [0.2, 0.25) is 0 Å². The van der Waals surface area contributed by atoms with E-state index in [0.29, 0.717) is 18.7 Å². The lowest BCUT2D eigenvalue weighted by Crippen LogP contribution is -2.22. The minimum atomic E-state index is -0.388. The van der Waals surface area contributed by atoms with E-state index in [1.54, 1.807) is 6.07 Å². The highest BCUT2D eigenvalue weighted by molar-refractivity contribution is 6.63. The summed E-state index contributed by atoms with van der Waals surface area (Å²) < 4.78 is 1.36. The Hall–Kier alpha value is -1.16. The predicted octanol–water partition coefficient (Wildman–Crippen LogP) is 0.961. The van der Waals surface area contributed by atoms with Crippen LogP contribution in [0, 0.1) is 0 Å². The van der Waals surface area contributed by atoms with Crippen molar-refractivity contribution in [3.8, 4) is 0 Å². The van der Waals surface area contributed by atoms with Crippen LogP contribution in [-0.4, -0.2) is 15.0 Å². The van der Waals surface area contributed by atoms with Crippen molar-refractivity contribution in [2.24, 2.45) is 0 Å². The second-order valence-corrected chi connectivity index (χ2v) is 3.26. The third-order valence-corrected chi connectivity index (χ3v) is 1.99. The molecule has 0 aliphatic carbocycles. The SMILES string of the molecule is CCn1nc(CCC(=O)Cl)ccc1=O. The van der Waals surface area contributed by atoms with E-state index in [-0.39, 0.29) is 17.2 Å². The third-order valence-electron chi connectivity index (χ3n) is 1.80. The predicted molar refractivity (Wildman–Crippen MR) is 53.4 cm³/mol. The highest BCUT2D eigenvalue weighted by Crippen LogP contribution is 1.99. The van der Waals surface area contributed by atoms with Gasteiger partial charge in [-0.25, -0.2) is 4.68 Å². The highest BCUT2D eigenvalue weighted by atomic mass is 35.5. The summed E-state index contributed by atoms with van der Waals surface area (Å²) in [5.74, 6) is 0. The number of aryl methyl sites for hydroxylation is 2. The van der Waals surface area contributed by atoms with Crippen LogP contribution in [0.1, 0.15) is 19.0 Å².